The highest BCUT2D eigenvalue weighted by Crippen LogP contribution is 2.65. The summed E-state index contributed by atoms with van der Waals surface area (Å²) >= 11 is 0. The van der Waals surface area contributed by atoms with Crippen LogP contribution in [0.5, 0.6) is 0 Å². The normalized spacial score (nSPS) is 26.3. The summed E-state index contributed by atoms with van der Waals surface area (Å²) < 4.78 is 79.3. The van der Waals surface area contributed by atoms with Gasteiger partial charge in [-0.3, -0.25) is 14.4 Å². The second-order valence-electron chi connectivity index (χ2n) is 10.7. The van der Waals surface area contributed by atoms with Crippen LogP contribution in [0.2, 0.25) is 0 Å². The van der Waals surface area contributed by atoms with Gasteiger partial charge in [-0.15, -0.1) is 0 Å². The molecule has 2 unspecified atom stereocenters. The highest BCUT2D eigenvalue weighted by atomic mass is 19.4. The van der Waals surface area contributed by atoms with Gasteiger partial charge in [0.25, 0.3) is 5.91 Å². The second kappa shape index (κ2) is 9.59. The van der Waals surface area contributed by atoms with Crippen LogP contribution in [0.15, 0.2) is 59.6 Å². The number of halogens is 6. The number of aliphatic carboxylic acids is 1. The molecule has 0 aromatic heterocycles. The molecule has 3 aliphatic rings. The molecule has 5 rings (SSSR count). The number of amides is 2. The van der Waals surface area contributed by atoms with Gasteiger partial charge in [0.1, 0.15) is 0 Å². The van der Waals surface area contributed by atoms with Crippen LogP contribution >= 0.6 is 0 Å². The molecule has 13 heteroatoms. The number of likely N-dealkylation sites (N-methyl/N-ethyl adjacent to an activating group) is 1. The molecule has 0 radical (unpaired) electrons. The van der Waals surface area contributed by atoms with E-state index in [1.165, 1.54) is 11.9 Å². The highest BCUT2D eigenvalue weighted by molar-refractivity contribution is 6.22. The fraction of sp³-hybridized carbons (Fsp3) is 0.429. The van der Waals surface area contributed by atoms with E-state index in [0.717, 1.165) is 4.90 Å². The van der Waals surface area contributed by atoms with E-state index in [2.05, 4.69) is 4.99 Å². The van der Waals surface area contributed by atoms with Gasteiger partial charge >= 0.3 is 18.3 Å². The number of carboxylic acid groups (broad SMARTS) is 1. The lowest BCUT2D eigenvalue weighted by Crippen LogP contribution is -2.45. The van der Waals surface area contributed by atoms with Crippen LogP contribution in [0.3, 0.4) is 0 Å². The van der Waals surface area contributed by atoms with Gasteiger partial charge in [0.15, 0.2) is 0 Å². The van der Waals surface area contributed by atoms with E-state index in [9.17, 15) is 45.8 Å². The summed E-state index contributed by atoms with van der Waals surface area (Å²) in [7, 11) is 1.45. The maximum atomic E-state index is 14.0. The first-order valence-electron chi connectivity index (χ1n) is 12.8. The Bertz CT molecular complexity index is 1430. The van der Waals surface area contributed by atoms with Gasteiger partial charge < -0.3 is 14.9 Å². The molecule has 218 valence electrons. The predicted octanol–water partition coefficient (Wildman–Crippen LogP) is 5.04. The molecule has 1 spiro atoms. The monoisotopic (exact) mass is 581 g/mol. The fourth-order valence-electron chi connectivity index (χ4n) is 6.04. The minimum Gasteiger partial charge on any atom is -0.481 e. The van der Waals surface area contributed by atoms with Crippen molar-refractivity contribution in [2.75, 3.05) is 18.5 Å². The van der Waals surface area contributed by atoms with Gasteiger partial charge in [0, 0.05) is 31.0 Å². The van der Waals surface area contributed by atoms with E-state index in [1.54, 1.807) is 54.6 Å². The average Bonchev–Trinajstić information content (AvgIpc) is 3.80. The Hall–Kier alpha value is -3.90. The SMILES string of the molecule is CN1C(=O)C2(CN2C(=O)C2([C@H](CCC(F)(F)F)C(=O)O)C[C@H]2CC(F)(F)F)N=C(c2ccccc2)c2ccccc21. The Kier molecular flexibility index (Phi) is 6.69. The van der Waals surface area contributed by atoms with Crippen molar-refractivity contribution < 1.29 is 45.8 Å². The molecule has 2 aromatic rings. The number of aliphatic imine (C=N–C) groups is 1. The molecule has 7 nitrogen and oxygen atoms in total. The first-order valence-corrected chi connectivity index (χ1v) is 12.8. The Labute approximate surface area is 230 Å². The highest BCUT2D eigenvalue weighted by Gasteiger charge is 2.75. The summed E-state index contributed by atoms with van der Waals surface area (Å²) in [6.07, 6.45) is -14.3. The van der Waals surface area contributed by atoms with Crippen molar-refractivity contribution >= 4 is 29.2 Å². The lowest BCUT2D eigenvalue weighted by Gasteiger charge is -2.27. The molecule has 2 heterocycles. The number of rotatable bonds is 7. The minimum absolute atomic E-state index is 0.331. The Morgan fingerprint density at radius 3 is 2.27 bits per heavy atom. The number of hydrogen-bond donors (Lipinski definition) is 1. The number of fused-ring (bicyclic) bond motifs is 1. The van der Waals surface area contributed by atoms with Crippen molar-refractivity contribution in [1.29, 1.82) is 0 Å². The number of carboxylic acids is 1. The molecule has 0 bridgehead atoms. The number of alkyl halides is 6. The number of nitrogens with zero attached hydrogens (tertiary/aromatic N) is 3. The third-order valence-corrected chi connectivity index (χ3v) is 8.14. The first kappa shape index (κ1) is 28.6. The summed E-state index contributed by atoms with van der Waals surface area (Å²) in [5, 5.41) is 9.84. The topological polar surface area (TPSA) is 90.0 Å². The Morgan fingerprint density at radius 2 is 1.66 bits per heavy atom. The molecule has 2 aromatic carbocycles. The minimum atomic E-state index is -4.78. The fourth-order valence-corrected chi connectivity index (χ4v) is 6.04. The number of para-hydroxylation sites is 1. The number of anilines is 1. The summed E-state index contributed by atoms with van der Waals surface area (Å²) in [5.74, 6) is -7.15. The van der Waals surface area contributed by atoms with Crippen molar-refractivity contribution in [3.8, 4) is 0 Å². The van der Waals surface area contributed by atoms with Gasteiger partial charge in [0.2, 0.25) is 11.6 Å². The maximum Gasteiger partial charge on any atom is 0.389 e. The number of carbonyl (C=O) groups excluding carboxylic acids is 2. The van der Waals surface area contributed by atoms with Crippen LogP contribution in [-0.2, 0) is 14.4 Å². The van der Waals surface area contributed by atoms with Crippen molar-refractivity contribution in [3.05, 3.63) is 65.7 Å². The summed E-state index contributed by atoms with van der Waals surface area (Å²) in [6, 6.07) is 15.5. The van der Waals surface area contributed by atoms with Gasteiger partial charge in [-0.25, -0.2) is 4.99 Å². The predicted molar refractivity (Wildman–Crippen MR) is 134 cm³/mol. The molecule has 2 aliphatic heterocycles. The van der Waals surface area contributed by atoms with Crippen molar-refractivity contribution in [3.63, 3.8) is 0 Å². The summed E-state index contributed by atoms with van der Waals surface area (Å²) in [6.45, 7) is -0.356. The van der Waals surface area contributed by atoms with Crippen LogP contribution in [0.4, 0.5) is 32.0 Å². The maximum absolute atomic E-state index is 14.0. The van der Waals surface area contributed by atoms with Crippen LogP contribution in [0, 0.1) is 17.3 Å². The average molecular weight is 582 g/mol. The van der Waals surface area contributed by atoms with E-state index in [-0.39, 0.29) is 6.54 Å². The molecular formula is C28H25F6N3O4. The molecule has 1 aliphatic carbocycles. The summed E-state index contributed by atoms with van der Waals surface area (Å²) in [4.78, 5) is 46.8. The van der Waals surface area contributed by atoms with Crippen LogP contribution in [0.1, 0.15) is 36.8 Å². The molecule has 41 heavy (non-hydrogen) atoms. The zero-order valence-corrected chi connectivity index (χ0v) is 21.7. The van der Waals surface area contributed by atoms with Crippen LogP contribution in [0.25, 0.3) is 0 Å². The Morgan fingerprint density at radius 1 is 1.02 bits per heavy atom. The van der Waals surface area contributed by atoms with E-state index < -0.39 is 78.7 Å². The molecule has 1 N–H and O–H groups in total. The second-order valence-corrected chi connectivity index (χ2v) is 10.7. The standard InChI is InChI=1S/C28H25F6N3O4/c1-36-20-10-6-5-9-18(20)21(16-7-3-2-4-8-16)35-26(24(36)41)15-37(26)23(40)25(13-17(25)14-28(32,33)34)19(22(38)39)11-12-27(29,30)31/h2-10,17,19H,11-15H2,1H3,(H,38,39)/t17-,19+,25?,26?,37?/m0/s1. The lowest BCUT2D eigenvalue weighted by molar-refractivity contribution is -0.162. The lowest BCUT2D eigenvalue weighted by atomic mass is 9.81. The molecular weight excluding hydrogens is 556 g/mol. The quantitative estimate of drug-likeness (QED) is 0.367. The van der Waals surface area contributed by atoms with Gasteiger partial charge in [-0.1, -0.05) is 48.5 Å². The zero-order chi connectivity index (χ0) is 30.0. The van der Waals surface area contributed by atoms with Crippen molar-refractivity contribution in [2.24, 2.45) is 22.2 Å². The number of hydrogen-bond acceptors (Lipinski definition) is 4. The molecule has 2 amide bonds. The molecule has 4 atom stereocenters. The van der Waals surface area contributed by atoms with Gasteiger partial charge in [-0.2, -0.15) is 26.3 Å². The molecule has 2 fully saturated rings. The smallest absolute Gasteiger partial charge is 0.389 e. The first-order chi connectivity index (χ1) is 19.1. The number of benzene rings is 2. The third kappa shape index (κ3) is 5.06. The van der Waals surface area contributed by atoms with E-state index >= 15 is 0 Å². The van der Waals surface area contributed by atoms with E-state index in [1.807, 2.05) is 0 Å². The largest absolute Gasteiger partial charge is 0.481 e. The van der Waals surface area contributed by atoms with Crippen LogP contribution in [-0.4, -0.2) is 65.1 Å². The van der Waals surface area contributed by atoms with Gasteiger partial charge in [0.05, 0.1) is 29.3 Å². The van der Waals surface area contributed by atoms with Crippen molar-refractivity contribution in [1.82, 2.24) is 4.90 Å². The number of carbonyl (C=O) groups is 3. The zero-order valence-electron chi connectivity index (χ0n) is 21.7. The molecule has 1 saturated heterocycles. The van der Waals surface area contributed by atoms with E-state index in [0.29, 0.717) is 22.5 Å². The Balaban J connectivity index is 1.58. The summed E-state index contributed by atoms with van der Waals surface area (Å²) in [5.41, 5.74) is -2.21. The van der Waals surface area contributed by atoms with E-state index in [4.69, 9.17) is 0 Å². The van der Waals surface area contributed by atoms with Gasteiger partial charge in [-0.05, 0) is 24.8 Å². The molecule has 1 saturated carbocycles. The van der Waals surface area contributed by atoms with Crippen LogP contribution < -0.4 is 4.90 Å². The third-order valence-electron chi connectivity index (χ3n) is 8.14. The van der Waals surface area contributed by atoms with Crippen molar-refractivity contribution in [2.45, 2.75) is 43.7 Å².